The molecule has 0 bridgehead atoms. The number of likely N-dealkylation sites (N-methyl/N-ethyl adjacent to an activating group) is 2. The van der Waals surface area contributed by atoms with Crippen molar-refractivity contribution in [1.82, 2.24) is 20.4 Å². The summed E-state index contributed by atoms with van der Waals surface area (Å²) in [5, 5.41) is 5.68. The van der Waals surface area contributed by atoms with Crippen molar-refractivity contribution in [2.45, 2.75) is 24.9 Å². The Morgan fingerprint density at radius 3 is 1.28 bits per heavy atom. The van der Waals surface area contributed by atoms with Crippen molar-refractivity contribution in [3.05, 3.63) is 120 Å². The summed E-state index contributed by atoms with van der Waals surface area (Å²) >= 11 is 0. The maximum Gasteiger partial charge on any atom is 0.321 e. The number of hydrogen-bond donors (Lipinski definition) is 2. The number of methoxy groups -OCH3 is 2. The average Bonchev–Trinajstić information content (AvgIpc) is 3.53. The van der Waals surface area contributed by atoms with Gasteiger partial charge in [0.25, 0.3) is 0 Å². The van der Waals surface area contributed by atoms with E-state index in [2.05, 4.69) is 10.6 Å². The molecule has 4 aromatic rings. The van der Waals surface area contributed by atoms with Gasteiger partial charge in [-0.15, -0.1) is 0 Å². The lowest BCUT2D eigenvalue weighted by molar-refractivity contribution is -0.127. The van der Waals surface area contributed by atoms with E-state index in [4.69, 9.17) is 9.47 Å². The van der Waals surface area contributed by atoms with E-state index in [1.54, 1.807) is 76.8 Å². The number of benzene rings is 4. The first-order valence-electron chi connectivity index (χ1n) is 17.6. The number of carbonyl (C=O) groups is 5. The number of nitrogens with zero attached hydrogens (tertiary/aromatic N) is 4. The Kier molecular flexibility index (Phi) is 13.2. The van der Waals surface area contributed by atoms with Crippen LogP contribution in [-0.2, 0) is 32.0 Å². The summed E-state index contributed by atoms with van der Waals surface area (Å²) in [6.45, 7) is -0.197. The normalized spacial score (nSPS) is 13.4. The molecule has 1 saturated heterocycles. The molecule has 4 aromatic carbocycles. The van der Waals surface area contributed by atoms with Gasteiger partial charge < -0.3 is 39.7 Å². The minimum Gasteiger partial charge on any atom is -0.497 e. The van der Waals surface area contributed by atoms with Gasteiger partial charge in [-0.2, -0.15) is 0 Å². The van der Waals surface area contributed by atoms with Crippen LogP contribution in [0.4, 0.5) is 16.2 Å². The van der Waals surface area contributed by atoms with Crippen molar-refractivity contribution in [2.24, 2.45) is 0 Å². The first-order valence-corrected chi connectivity index (χ1v) is 17.6. The van der Waals surface area contributed by atoms with Crippen molar-refractivity contribution in [1.29, 1.82) is 0 Å². The molecule has 0 aliphatic carbocycles. The quantitative estimate of drug-likeness (QED) is 0.180. The van der Waals surface area contributed by atoms with Crippen LogP contribution >= 0.6 is 0 Å². The first-order chi connectivity index (χ1) is 26.1. The molecule has 1 heterocycles. The lowest BCUT2D eigenvalue weighted by atomic mass is 10.0. The van der Waals surface area contributed by atoms with Crippen LogP contribution in [0.25, 0.3) is 0 Å². The fourth-order valence-electron chi connectivity index (χ4n) is 6.19. The highest BCUT2D eigenvalue weighted by atomic mass is 16.5. The van der Waals surface area contributed by atoms with Crippen LogP contribution in [0.15, 0.2) is 109 Å². The van der Waals surface area contributed by atoms with E-state index >= 15 is 0 Å². The van der Waals surface area contributed by atoms with E-state index in [1.807, 2.05) is 60.7 Å². The zero-order valence-electron chi connectivity index (χ0n) is 30.9. The minimum atomic E-state index is -0.915. The lowest BCUT2D eigenvalue weighted by Crippen LogP contribution is -2.52. The molecule has 5 rings (SSSR count). The van der Waals surface area contributed by atoms with E-state index in [1.165, 1.54) is 19.6 Å². The Hall–Kier alpha value is -6.37. The van der Waals surface area contributed by atoms with Gasteiger partial charge in [0.05, 0.1) is 14.2 Å². The molecule has 1 aliphatic rings. The van der Waals surface area contributed by atoms with Crippen LogP contribution in [0.2, 0.25) is 0 Å². The monoisotopic (exact) mass is 734 g/mol. The molecule has 0 spiro atoms. The largest absolute Gasteiger partial charge is 0.497 e. The molecule has 13 heteroatoms. The molecule has 0 saturated carbocycles. The van der Waals surface area contributed by atoms with Crippen molar-refractivity contribution in [3.63, 3.8) is 0 Å². The van der Waals surface area contributed by atoms with E-state index in [-0.39, 0.29) is 50.8 Å². The van der Waals surface area contributed by atoms with E-state index in [0.29, 0.717) is 22.9 Å². The molecule has 0 unspecified atom stereocenters. The third-order valence-corrected chi connectivity index (χ3v) is 9.26. The minimum absolute atomic E-state index is 0.204. The van der Waals surface area contributed by atoms with Gasteiger partial charge in [-0.1, -0.05) is 60.7 Å². The van der Waals surface area contributed by atoms with Crippen LogP contribution in [0.3, 0.4) is 0 Å². The predicted octanol–water partition coefficient (Wildman–Crippen LogP) is 3.52. The Morgan fingerprint density at radius 1 is 0.593 bits per heavy atom. The van der Waals surface area contributed by atoms with Gasteiger partial charge in [0.15, 0.2) is 0 Å². The molecule has 6 amide bonds. The molecule has 54 heavy (non-hydrogen) atoms. The van der Waals surface area contributed by atoms with E-state index < -0.39 is 29.9 Å². The number of rotatable bonds is 16. The van der Waals surface area contributed by atoms with Crippen molar-refractivity contribution in [3.8, 4) is 11.5 Å². The van der Waals surface area contributed by atoms with Crippen LogP contribution in [-0.4, -0.2) is 106 Å². The molecule has 1 aliphatic heterocycles. The molecule has 0 aromatic heterocycles. The summed E-state index contributed by atoms with van der Waals surface area (Å²) in [6.07, 6.45) is 0.478. The first kappa shape index (κ1) is 38.9. The van der Waals surface area contributed by atoms with Crippen molar-refractivity contribution >= 4 is 41.0 Å². The number of nitrogens with one attached hydrogen (secondary N) is 2. The zero-order chi connectivity index (χ0) is 38.6. The maximum absolute atomic E-state index is 13.7. The summed E-state index contributed by atoms with van der Waals surface area (Å²) in [6, 6.07) is 30.4. The van der Waals surface area contributed by atoms with E-state index in [0.717, 1.165) is 11.1 Å². The van der Waals surface area contributed by atoms with Gasteiger partial charge in [0.2, 0.25) is 23.6 Å². The Morgan fingerprint density at radius 2 is 0.944 bits per heavy atom. The molecule has 282 valence electrons. The Balaban J connectivity index is 1.21. The van der Waals surface area contributed by atoms with Crippen LogP contribution in [0.5, 0.6) is 11.5 Å². The predicted molar refractivity (Wildman–Crippen MR) is 206 cm³/mol. The van der Waals surface area contributed by atoms with E-state index in [9.17, 15) is 24.0 Å². The number of carbonyl (C=O) groups excluding carboxylic acids is 5. The highest BCUT2D eigenvalue weighted by molar-refractivity contribution is 6.00. The standard InChI is InChI=1S/C41H46N6O7/c1-44(31-15-19-33(53-3)20-16-31)39(50)35(25-29-11-7-5-8-12-29)42-37(48)27-46-23-24-47(41(46)52)28-38(49)43-36(26-30-13-9-6-10-14-30)40(51)45(2)32-17-21-34(54-4)22-18-32/h5-22,35-36H,23-28H2,1-4H3,(H,42,48)(H,43,49)/t35-,36-/m0/s1. The number of amides is 6. The van der Waals surface area contributed by atoms with Crippen LogP contribution < -0.4 is 29.9 Å². The summed E-state index contributed by atoms with van der Waals surface area (Å²) < 4.78 is 10.5. The third kappa shape index (κ3) is 10.1. The summed E-state index contributed by atoms with van der Waals surface area (Å²) in [7, 11) is 6.39. The van der Waals surface area contributed by atoms with Crippen LogP contribution in [0.1, 0.15) is 11.1 Å². The second-order valence-electron chi connectivity index (χ2n) is 12.9. The number of anilines is 2. The van der Waals surface area contributed by atoms with Gasteiger partial charge in [-0.05, 0) is 59.7 Å². The van der Waals surface area contributed by atoms with Gasteiger partial charge in [0.1, 0.15) is 36.7 Å². The average molecular weight is 735 g/mol. The SMILES string of the molecule is COc1ccc(N(C)C(=O)[C@H](Cc2ccccc2)NC(=O)CN2CCN(CC(=O)N[C@@H](Cc3ccccc3)C(=O)N(C)c3ccc(OC)cc3)C2=O)cc1. The second kappa shape index (κ2) is 18.4. The smallest absolute Gasteiger partial charge is 0.321 e. The topological polar surface area (TPSA) is 141 Å². The number of urea groups is 1. The molecular weight excluding hydrogens is 688 g/mol. The van der Waals surface area contributed by atoms with Gasteiger partial charge in [0, 0.05) is 51.4 Å². The summed E-state index contributed by atoms with van der Waals surface area (Å²) in [4.78, 5) is 73.3. The van der Waals surface area contributed by atoms with Gasteiger partial charge in [-0.3, -0.25) is 19.2 Å². The third-order valence-electron chi connectivity index (χ3n) is 9.26. The van der Waals surface area contributed by atoms with Crippen molar-refractivity contribution < 1.29 is 33.4 Å². The molecule has 13 nitrogen and oxygen atoms in total. The Labute approximate surface area is 315 Å². The highest BCUT2D eigenvalue weighted by Crippen LogP contribution is 2.21. The zero-order valence-corrected chi connectivity index (χ0v) is 30.9. The fourth-order valence-corrected chi connectivity index (χ4v) is 6.19. The summed E-state index contributed by atoms with van der Waals surface area (Å²) in [5.41, 5.74) is 2.95. The number of ether oxygens (including phenoxy) is 2. The summed E-state index contributed by atoms with van der Waals surface area (Å²) in [5.74, 6) is -0.396. The van der Waals surface area contributed by atoms with Crippen molar-refractivity contribution in [2.75, 3.05) is 64.3 Å². The molecule has 2 atom stereocenters. The molecule has 1 fully saturated rings. The fraction of sp³-hybridized carbons (Fsp3) is 0.293. The van der Waals surface area contributed by atoms with Crippen LogP contribution in [0, 0.1) is 0 Å². The highest BCUT2D eigenvalue weighted by Gasteiger charge is 2.34. The maximum atomic E-state index is 13.7. The molecular formula is C41H46N6O7. The second-order valence-corrected chi connectivity index (χ2v) is 12.9. The molecule has 2 N–H and O–H groups in total. The van der Waals surface area contributed by atoms with Gasteiger partial charge in [-0.25, -0.2) is 4.79 Å². The Bertz CT molecular complexity index is 1750. The lowest BCUT2D eigenvalue weighted by Gasteiger charge is -2.26. The molecule has 0 radical (unpaired) electrons. The number of hydrogen-bond acceptors (Lipinski definition) is 7. The van der Waals surface area contributed by atoms with Gasteiger partial charge >= 0.3 is 6.03 Å².